The molecule has 1 saturated carbocycles. The molecule has 6 nitrogen and oxygen atoms in total. The number of halogens is 2. The summed E-state index contributed by atoms with van der Waals surface area (Å²) in [6.45, 7) is -0.277. The summed E-state index contributed by atoms with van der Waals surface area (Å²) in [6.07, 6.45) is 3.90. The molecular weight excluding hydrogens is 388 g/mol. The molecule has 0 aliphatic heterocycles. The van der Waals surface area contributed by atoms with Crippen molar-refractivity contribution in [3.63, 3.8) is 0 Å². The predicted octanol–water partition coefficient (Wildman–Crippen LogP) is 2.55. The van der Waals surface area contributed by atoms with Gasteiger partial charge in [0.05, 0.1) is 11.2 Å². The van der Waals surface area contributed by atoms with Crippen molar-refractivity contribution in [1.29, 1.82) is 0 Å². The van der Waals surface area contributed by atoms with E-state index in [0.29, 0.717) is 16.2 Å². The van der Waals surface area contributed by atoms with Crippen LogP contribution in [0.5, 0.6) is 0 Å². The lowest BCUT2D eigenvalue weighted by atomic mass is 10.2. The molecule has 3 aromatic rings. The van der Waals surface area contributed by atoms with Crippen molar-refractivity contribution in [2.75, 3.05) is 0 Å². The summed E-state index contributed by atoms with van der Waals surface area (Å²) in [4.78, 5) is 38.2. The Bertz CT molecular complexity index is 1160. The molecule has 4 rings (SSSR count). The van der Waals surface area contributed by atoms with E-state index < -0.39 is 22.9 Å². The first-order valence-electron chi connectivity index (χ1n) is 8.93. The first-order valence-corrected chi connectivity index (χ1v) is 9.81. The SMILES string of the molecule is O=C(Cn1c(=O)n(-c2cc(F)cc(F)c2)c(=O)c2sccc21)NC1CCCC1. The van der Waals surface area contributed by atoms with Gasteiger partial charge in [-0.1, -0.05) is 12.8 Å². The van der Waals surface area contributed by atoms with Gasteiger partial charge in [0.15, 0.2) is 0 Å². The first-order chi connectivity index (χ1) is 13.4. The van der Waals surface area contributed by atoms with Crippen molar-refractivity contribution < 1.29 is 13.6 Å². The number of benzene rings is 1. The maximum absolute atomic E-state index is 13.6. The molecule has 2 heterocycles. The van der Waals surface area contributed by atoms with E-state index in [9.17, 15) is 23.2 Å². The fourth-order valence-corrected chi connectivity index (χ4v) is 4.45. The van der Waals surface area contributed by atoms with E-state index in [1.54, 1.807) is 11.4 Å². The van der Waals surface area contributed by atoms with Gasteiger partial charge in [-0.25, -0.2) is 18.1 Å². The molecule has 0 radical (unpaired) electrons. The van der Waals surface area contributed by atoms with Gasteiger partial charge in [0.25, 0.3) is 5.56 Å². The van der Waals surface area contributed by atoms with Crippen molar-refractivity contribution in [2.45, 2.75) is 38.3 Å². The smallest absolute Gasteiger partial charge is 0.336 e. The number of rotatable bonds is 4. The highest BCUT2D eigenvalue weighted by molar-refractivity contribution is 7.17. The minimum atomic E-state index is -0.905. The van der Waals surface area contributed by atoms with Gasteiger partial charge in [0.2, 0.25) is 5.91 Å². The predicted molar refractivity (Wildman–Crippen MR) is 102 cm³/mol. The lowest BCUT2D eigenvalue weighted by Crippen LogP contribution is -2.43. The number of hydrogen-bond acceptors (Lipinski definition) is 4. The Morgan fingerprint density at radius 1 is 1.14 bits per heavy atom. The number of carbonyl (C=O) groups is 1. The van der Waals surface area contributed by atoms with E-state index in [4.69, 9.17) is 0 Å². The van der Waals surface area contributed by atoms with Gasteiger partial charge in [-0.15, -0.1) is 11.3 Å². The second-order valence-electron chi connectivity index (χ2n) is 6.82. The minimum absolute atomic E-state index is 0.0874. The number of thiophene rings is 1. The monoisotopic (exact) mass is 405 g/mol. The Labute approximate surface area is 162 Å². The normalized spacial score (nSPS) is 14.6. The van der Waals surface area contributed by atoms with Gasteiger partial charge in [-0.2, -0.15) is 0 Å². The van der Waals surface area contributed by atoms with Gasteiger partial charge in [-0.3, -0.25) is 14.2 Å². The second-order valence-corrected chi connectivity index (χ2v) is 7.74. The van der Waals surface area contributed by atoms with E-state index in [0.717, 1.165) is 49.2 Å². The molecule has 28 heavy (non-hydrogen) atoms. The maximum atomic E-state index is 13.6. The lowest BCUT2D eigenvalue weighted by molar-refractivity contribution is -0.122. The lowest BCUT2D eigenvalue weighted by Gasteiger charge is -2.15. The van der Waals surface area contributed by atoms with Gasteiger partial charge in [-0.05, 0) is 36.4 Å². The van der Waals surface area contributed by atoms with Crippen molar-refractivity contribution in [1.82, 2.24) is 14.5 Å². The molecule has 1 amide bonds. The third-order valence-electron chi connectivity index (χ3n) is 4.88. The van der Waals surface area contributed by atoms with Gasteiger partial charge < -0.3 is 5.32 Å². The Hall–Kier alpha value is -2.81. The van der Waals surface area contributed by atoms with Crippen molar-refractivity contribution in [3.8, 4) is 5.69 Å². The second kappa shape index (κ2) is 7.31. The molecule has 0 unspecified atom stereocenters. The Balaban J connectivity index is 1.82. The standard InChI is InChI=1S/C19H17F2N3O3S/c20-11-7-12(21)9-14(8-11)24-18(26)17-15(5-6-28-17)23(19(24)27)10-16(25)22-13-3-1-2-4-13/h5-9,13H,1-4,10H2,(H,22,25). The fraction of sp³-hybridized carbons (Fsp3) is 0.316. The molecule has 146 valence electrons. The van der Waals surface area contributed by atoms with Crippen molar-refractivity contribution in [2.24, 2.45) is 0 Å². The Kier molecular flexibility index (Phi) is 4.84. The summed E-state index contributed by atoms with van der Waals surface area (Å²) >= 11 is 1.10. The maximum Gasteiger partial charge on any atom is 0.336 e. The van der Waals surface area contributed by atoms with Crippen LogP contribution in [0, 0.1) is 11.6 Å². The zero-order chi connectivity index (χ0) is 19.8. The summed E-state index contributed by atoms with van der Waals surface area (Å²) in [5.41, 5.74) is -1.38. The molecule has 0 atom stereocenters. The number of amides is 1. The quantitative estimate of drug-likeness (QED) is 0.725. The molecule has 1 N–H and O–H groups in total. The van der Waals surface area contributed by atoms with Gasteiger partial charge >= 0.3 is 5.69 Å². The van der Waals surface area contributed by atoms with E-state index in [2.05, 4.69) is 5.32 Å². The van der Waals surface area contributed by atoms with Crippen molar-refractivity contribution in [3.05, 3.63) is 62.1 Å². The van der Waals surface area contributed by atoms with E-state index in [-0.39, 0.29) is 28.9 Å². The number of aromatic nitrogens is 2. The summed E-state index contributed by atoms with van der Waals surface area (Å²) in [5, 5.41) is 4.53. The molecule has 0 spiro atoms. The van der Waals surface area contributed by atoms with Crippen LogP contribution in [-0.4, -0.2) is 21.1 Å². The van der Waals surface area contributed by atoms with Crippen LogP contribution in [-0.2, 0) is 11.3 Å². The van der Waals surface area contributed by atoms with E-state index in [1.807, 2.05) is 0 Å². The van der Waals surface area contributed by atoms with Gasteiger partial charge in [0.1, 0.15) is 22.9 Å². The highest BCUT2D eigenvalue weighted by Crippen LogP contribution is 2.19. The van der Waals surface area contributed by atoms with E-state index in [1.165, 1.54) is 4.57 Å². The molecule has 2 aromatic heterocycles. The highest BCUT2D eigenvalue weighted by Gasteiger charge is 2.21. The van der Waals surface area contributed by atoms with Crippen molar-refractivity contribution >= 4 is 27.5 Å². The van der Waals surface area contributed by atoms with Crippen LogP contribution in [0.4, 0.5) is 8.78 Å². The molecule has 0 bridgehead atoms. The van der Waals surface area contributed by atoms with Crippen LogP contribution in [0.25, 0.3) is 15.9 Å². The molecule has 1 aliphatic carbocycles. The van der Waals surface area contributed by atoms with Crippen LogP contribution in [0.3, 0.4) is 0 Å². The number of fused-ring (bicyclic) bond motifs is 1. The first kappa shape index (κ1) is 18.5. The number of hydrogen-bond donors (Lipinski definition) is 1. The minimum Gasteiger partial charge on any atom is -0.352 e. The number of nitrogens with one attached hydrogen (secondary N) is 1. The Morgan fingerprint density at radius 2 is 1.82 bits per heavy atom. The largest absolute Gasteiger partial charge is 0.352 e. The average Bonchev–Trinajstić information content (AvgIpc) is 3.29. The van der Waals surface area contributed by atoms with Crippen LogP contribution < -0.4 is 16.6 Å². The zero-order valence-electron chi connectivity index (χ0n) is 14.8. The summed E-state index contributed by atoms with van der Waals surface area (Å²) in [5.74, 6) is -2.15. The molecule has 1 fully saturated rings. The van der Waals surface area contributed by atoms with Crippen LogP contribution in [0.2, 0.25) is 0 Å². The molecule has 0 saturated heterocycles. The number of nitrogens with zero attached hydrogens (tertiary/aromatic N) is 2. The van der Waals surface area contributed by atoms with Crippen LogP contribution in [0.1, 0.15) is 25.7 Å². The molecule has 9 heteroatoms. The average molecular weight is 405 g/mol. The molecular formula is C19H17F2N3O3S. The van der Waals surface area contributed by atoms with Crippen LogP contribution in [0.15, 0.2) is 39.2 Å². The summed E-state index contributed by atoms with van der Waals surface area (Å²) in [7, 11) is 0. The van der Waals surface area contributed by atoms with Crippen LogP contribution >= 0.6 is 11.3 Å². The fourth-order valence-electron chi connectivity index (χ4n) is 3.62. The van der Waals surface area contributed by atoms with Gasteiger partial charge in [0, 0.05) is 12.1 Å². The zero-order valence-corrected chi connectivity index (χ0v) is 15.6. The topological polar surface area (TPSA) is 73.1 Å². The third kappa shape index (κ3) is 3.37. The third-order valence-corrected chi connectivity index (χ3v) is 5.77. The Morgan fingerprint density at radius 3 is 2.50 bits per heavy atom. The number of carbonyl (C=O) groups excluding carboxylic acids is 1. The molecule has 1 aliphatic rings. The highest BCUT2D eigenvalue weighted by atomic mass is 32.1. The van der Waals surface area contributed by atoms with E-state index >= 15 is 0 Å². The summed E-state index contributed by atoms with van der Waals surface area (Å²) < 4.78 is 29.4. The molecule has 1 aromatic carbocycles. The summed E-state index contributed by atoms with van der Waals surface area (Å²) in [6, 6.07) is 4.15.